The van der Waals surface area contributed by atoms with Gasteiger partial charge in [-0.1, -0.05) is 193 Å². The largest absolute Gasteiger partial charge is 0.394 e. The van der Waals surface area contributed by atoms with Gasteiger partial charge in [0.05, 0.1) is 18.8 Å². The molecule has 0 spiro atoms. The number of allylic oxidation sites excluding steroid dienone is 2. The number of amides is 1. The highest BCUT2D eigenvalue weighted by atomic mass is 16.4. The molecule has 0 aliphatic rings. The molecule has 0 saturated heterocycles. The van der Waals surface area contributed by atoms with E-state index in [1.165, 1.54) is 148 Å². The maximum absolute atomic E-state index is 12.5. The van der Waals surface area contributed by atoms with Gasteiger partial charge >= 0.3 is 0 Å². The Labute approximate surface area is 309 Å². The Morgan fingerprint density at radius 1 is 0.480 bits per heavy atom. The summed E-state index contributed by atoms with van der Waals surface area (Å²) in [6.07, 6.45) is 36.7. The molecule has 0 saturated carbocycles. The van der Waals surface area contributed by atoms with Crippen LogP contribution in [0.4, 0.5) is 0 Å². The van der Waals surface area contributed by atoms with E-state index in [9.17, 15) is 30.3 Å². The number of unbranched alkanes of at least 4 members (excludes halogenated alkanes) is 27. The zero-order valence-electron chi connectivity index (χ0n) is 33.0. The molecule has 0 aliphatic heterocycles. The van der Waals surface area contributed by atoms with Crippen LogP contribution in [0.25, 0.3) is 0 Å². The number of aliphatic hydroxyl groups excluding tert-OH is 5. The summed E-state index contributed by atoms with van der Waals surface area (Å²) < 4.78 is 0. The summed E-state index contributed by atoms with van der Waals surface area (Å²) in [6.45, 7) is 3.91. The van der Waals surface area contributed by atoms with Crippen molar-refractivity contribution < 1.29 is 30.3 Å². The molecule has 0 aromatic heterocycles. The minimum absolute atomic E-state index is 0.320. The molecule has 7 nitrogen and oxygen atoms in total. The third kappa shape index (κ3) is 30.6. The average Bonchev–Trinajstić information content (AvgIpc) is 3.12. The lowest BCUT2D eigenvalue weighted by Crippen LogP contribution is -2.55. The lowest BCUT2D eigenvalue weighted by molar-refractivity contribution is -0.134. The standard InChI is InChI=1S/C43H85NO6/c1-3-5-7-9-11-13-15-17-19-20-22-23-25-27-29-31-33-35-39(46)42(49)41(48)38(37-45)44-43(50)40(47)36-34-32-30-28-26-24-21-18-16-14-12-10-8-6-4-2/h15,17,38-42,45-49H,3-14,16,18-37H2,1-2H3,(H,44,50). The van der Waals surface area contributed by atoms with Crippen molar-refractivity contribution in [3.63, 3.8) is 0 Å². The van der Waals surface area contributed by atoms with E-state index in [2.05, 4.69) is 31.3 Å². The van der Waals surface area contributed by atoms with Crippen molar-refractivity contribution in [2.45, 2.75) is 250 Å². The molecule has 5 atom stereocenters. The predicted octanol–water partition coefficient (Wildman–Crippen LogP) is 9.99. The number of nitrogens with one attached hydrogen (secondary N) is 1. The van der Waals surface area contributed by atoms with Crippen molar-refractivity contribution >= 4 is 5.91 Å². The number of hydrogen-bond donors (Lipinski definition) is 6. The first-order valence-electron chi connectivity index (χ1n) is 21.7. The average molecular weight is 712 g/mol. The maximum Gasteiger partial charge on any atom is 0.249 e. The summed E-state index contributed by atoms with van der Waals surface area (Å²) in [6, 6.07) is -1.16. The number of hydrogen-bond acceptors (Lipinski definition) is 6. The minimum atomic E-state index is -1.53. The van der Waals surface area contributed by atoms with Gasteiger partial charge in [0.15, 0.2) is 0 Å². The fourth-order valence-electron chi connectivity index (χ4n) is 6.77. The van der Waals surface area contributed by atoms with Gasteiger partial charge in [-0.2, -0.15) is 0 Å². The lowest BCUT2D eigenvalue weighted by Gasteiger charge is -2.29. The Kier molecular flexibility index (Phi) is 37.0. The second-order valence-electron chi connectivity index (χ2n) is 15.2. The van der Waals surface area contributed by atoms with E-state index in [0.717, 1.165) is 44.9 Å². The maximum atomic E-state index is 12.5. The van der Waals surface area contributed by atoms with Crippen LogP contribution in [0.5, 0.6) is 0 Å². The van der Waals surface area contributed by atoms with Gasteiger partial charge in [-0.25, -0.2) is 0 Å². The van der Waals surface area contributed by atoms with Crippen LogP contribution in [-0.4, -0.2) is 68.5 Å². The Morgan fingerprint density at radius 3 is 1.20 bits per heavy atom. The summed E-state index contributed by atoms with van der Waals surface area (Å²) >= 11 is 0. The van der Waals surface area contributed by atoms with E-state index in [1.54, 1.807) is 0 Å². The van der Waals surface area contributed by atoms with Crippen LogP contribution >= 0.6 is 0 Å². The van der Waals surface area contributed by atoms with Crippen molar-refractivity contribution in [3.8, 4) is 0 Å². The fourth-order valence-corrected chi connectivity index (χ4v) is 6.77. The third-order valence-corrected chi connectivity index (χ3v) is 10.3. The van der Waals surface area contributed by atoms with E-state index in [4.69, 9.17) is 0 Å². The van der Waals surface area contributed by atoms with Gasteiger partial charge in [-0.3, -0.25) is 4.79 Å². The molecule has 50 heavy (non-hydrogen) atoms. The first-order chi connectivity index (χ1) is 24.4. The molecule has 1 amide bonds. The summed E-state index contributed by atoms with van der Waals surface area (Å²) in [5.41, 5.74) is 0. The monoisotopic (exact) mass is 712 g/mol. The SMILES string of the molecule is CCCCCCCC=CCCCCCCCCCCC(O)C(O)C(O)C(CO)NC(=O)C(O)CCCCCCCCCCCCCCCCC. The van der Waals surface area contributed by atoms with Crippen LogP contribution in [0.2, 0.25) is 0 Å². The van der Waals surface area contributed by atoms with E-state index in [-0.39, 0.29) is 0 Å². The smallest absolute Gasteiger partial charge is 0.249 e. The van der Waals surface area contributed by atoms with Gasteiger partial charge in [0, 0.05) is 0 Å². The van der Waals surface area contributed by atoms with Gasteiger partial charge in [0.25, 0.3) is 0 Å². The van der Waals surface area contributed by atoms with E-state index < -0.39 is 43.0 Å². The summed E-state index contributed by atoms with van der Waals surface area (Å²) in [7, 11) is 0. The molecular formula is C43H85NO6. The Balaban J connectivity index is 3.86. The molecule has 0 aromatic carbocycles. The van der Waals surface area contributed by atoms with Crippen molar-refractivity contribution in [2.75, 3.05) is 6.61 Å². The molecule has 0 rings (SSSR count). The normalized spacial score (nSPS) is 14.9. The summed E-state index contributed by atoms with van der Waals surface area (Å²) in [5.74, 6) is -0.667. The van der Waals surface area contributed by atoms with Crippen LogP contribution in [-0.2, 0) is 4.79 Å². The van der Waals surface area contributed by atoms with Crippen molar-refractivity contribution in [1.82, 2.24) is 5.32 Å². The van der Waals surface area contributed by atoms with Crippen LogP contribution in [0.15, 0.2) is 12.2 Å². The van der Waals surface area contributed by atoms with Crippen molar-refractivity contribution in [3.05, 3.63) is 12.2 Å². The topological polar surface area (TPSA) is 130 Å². The quantitative estimate of drug-likeness (QED) is 0.0278. The molecule has 6 N–H and O–H groups in total. The Morgan fingerprint density at radius 2 is 0.820 bits per heavy atom. The highest BCUT2D eigenvalue weighted by Gasteiger charge is 2.32. The first-order valence-corrected chi connectivity index (χ1v) is 21.7. The Hall–Kier alpha value is -0.990. The molecular weight excluding hydrogens is 626 g/mol. The van der Waals surface area contributed by atoms with Gasteiger partial charge in [-0.05, 0) is 38.5 Å². The molecule has 0 radical (unpaired) electrons. The minimum Gasteiger partial charge on any atom is -0.394 e. The Bertz CT molecular complexity index is 734. The van der Waals surface area contributed by atoms with Crippen LogP contribution in [0, 0.1) is 0 Å². The molecule has 0 aromatic rings. The molecule has 7 heteroatoms. The van der Waals surface area contributed by atoms with E-state index in [1.807, 2.05) is 0 Å². The summed E-state index contributed by atoms with van der Waals surface area (Å²) in [4.78, 5) is 12.5. The van der Waals surface area contributed by atoms with Crippen molar-refractivity contribution in [1.29, 1.82) is 0 Å². The molecule has 5 unspecified atom stereocenters. The second-order valence-corrected chi connectivity index (χ2v) is 15.2. The van der Waals surface area contributed by atoms with Crippen LogP contribution in [0.1, 0.15) is 219 Å². The molecule has 298 valence electrons. The first kappa shape index (κ1) is 49.0. The molecule has 0 fully saturated rings. The highest BCUT2D eigenvalue weighted by molar-refractivity contribution is 5.80. The summed E-state index contributed by atoms with van der Waals surface area (Å²) in [5, 5.41) is 54.1. The highest BCUT2D eigenvalue weighted by Crippen LogP contribution is 2.17. The van der Waals surface area contributed by atoms with Crippen LogP contribution < -0.4 is 5.32 Å². The zero-order valence-corrected chi connectivity index (χ0v) is 33.0. The third-order valence-electron chi connectivity index (χ3n) is 10.3. The number of rotatable bonds is 39. The molecule has 0 bridgehead atoms. The number of carbonyl (C=O) groups excluding carboxylic acids is 1. The molecule has 0 heterocycles. The van der Waals surface area contributed by atoms with Crippen LogP contribution in [0.3, 0.4) is 0 Å². The molecule has 0 aliphatic carbocycles. The lowest BCUT2D eigenvalue weighted by atomic mass is 9.96. The van der Waals surface area contributed by atoms with Gasteiger partial charge in [-0.15, -0.1) is 0 Å². The van der Waals surface area contributed by atoms with E-state index in [0.29, 0.717) is 12.8 Å². The zero-order chi connectivity index (χ0) is 36.9. The van der Waals surface area contributed by atoms with Gasteiger partial charge in [0.2, 0.25) is 5.91 Å². The number of carbonyl (C=O) groups is 1. The van der Waals surface area contributed by atoms with E-state index >= 15 is 0 Å². The predicted molar refractivity (Wildman–Crippen MR) is 211 cm³/mol. The van der Waals surface area contributed by atoms with Gasteiger partial charge in [0.1, 0.15) is 18.3 Å². The fraction of sp³-hybridized carbons (Fsp3) is 0.930. The number of aliphatic hydroxyl groups is 5. The van der Waals surface area contributed by atoms with Crippen molar-refractivity contribution in [2.24, 2.45) is 0 Å². The van der Waals surface area contributed by atoms with Gasteiger partial charge < -0.3 is 30.8 Å². The second kappa shape index (κ2) is 37.8.